The number of nitrogens with one attached hydrogen (secondary N) is 1. The van der Waals surface area contributed by atoms with Crippen molar-refractivity contribution in [2.24, 2.45) is 5.73 Å². The summed E-state index contributed by atoms with van der Waals surface area (Å²) in [4.78, 5) is 13.6. The molecule has 1 unspecified atom stereocenters. The molecule has 3 N–H and O–H groups in total. The second-order valence-electron chi connectivity index (χ2n) is 3.93. The molecule has 0 fully saturated rings. The maximum Gasteiger partial charge on any atom is 0.236 e. The van der Waals surface area contributed by atoms with E-state index < -0.39 is 6.04 Å². The van der Waals surface area contributed by atoms with Crippen molar-refractivity contribution < 1.29 is 9.53 Å². The Morgan fingerprint density at radius 1 is 1.56 bits per heavy atom. The van der Waals surface area contributed by atoms with E-state index in [1.165, 1.54) is 0 Å². The van der Waals surface area contributed by atoms with Gasteiger partial charge in [-0.15, -0.1) is 0 Å². The van der Waals surface area contributed by atoms with Gasteiger partial charge in [-0.05, 0) is 26.4 Å². The molecule has 0 saturated heterocycles. The summed E-state index contributed by atoms with van der Waals surface area (Å²) in [5, 5.41) is 2.83. The summed E-state index contributed by atoms with van der Waals surface area (Å²) >= 11 is 0. The average Bonchev–Trinajstić information content (AvgIpc) is 2.28. The van der Waals surface area contributed by atoms with E-state index in [9.17, 15) is 4.79 Å². The highest BCUT2D eigenvalue weighted by molar-refractivity contribution is 5.81. The summed E-state index contributed by atoms with van der Waals surface area (Å²) < 4.78 is 4.91. The van der Waals surface area contributed by atoms with Gasteiger partial charge in [-0.2, -0.15) is 0 Å². The second kappa shape index (κ2) is 9.57. The number of likely N-dealkylation sites (N-methyl/N-ethyl adjacent to an activating group) is 1. The predicted molar refractivity (Wildman–Crippen MR) is 65.3 cm³/mol. The number of carbonyl (C=O) groups is 1. The quantitative estimate of drug-likeness (QED) is 0.540. The summed E-state index contributed by atoms with van der Waals surface area (Å²) in [6, 6.07) is -0.415. The lowest BCUT2D eigenvalue weighted by molar-refractivity contribution is -0.122. The molecule has 0 bridgehead atoms. The first-order valence-corrected chi connectivity index (χ1v) is 5.82. The monoisotopic (exact) mass is 231 g/mol. The Labute approximate surface area is 98.3 Å². The molecule has 0 aromatic heterocycles. The van der Waals surface area contributed by atoms with Gasteiger partial charge < -0.3 is 20.7 Å². The zero-order chi connectivity index (χ0) is 12.4. The largest absolute Gasteiger partial charge is 0.385 e. The molecule has 96 valence electrons. The highest BCUT2D eigenvalue weighted by Gasteiger charge is 2.11. The number of methoxy groups -OCH3 is 1. The van der Waals surface area contributed by atoms with Crippen molar-refractivity contribution >= 4 is 5.91 Å². The molecule has 0 aliphatic carbocycles. The van der Waals surface area contributed by atoms with E-state index in [-0.39, 0.29) is 5.91 Å². The van der Waals surface area contributed by atoms with Crippen molar-refractivity contribution in [2.75, 3.05) is 40.4 Å². The van der Waals surface area contributed by atoms with Crippen LogP contribution >= 0.6 is 0 Å². The third-order valence-corrected chi connectivity index (χ3v) is 2.53. The summed E-state index contributed by atoms with van der Waals surface area (Å²) in [6.07, 6.45) is 1.49. The predicted octanol–water partition coefficient (Wildman–Crippen LogP) is -0.192. The molecule has 0 rings (SSSR count). The van der Waals surface area contributed by atoms with Crippen LogP contribution in [0.25, 0.3) is 0 Å². The van der Waals surface area contributed by atoms with E-state index in [2.05, 4.69) is 17.1 Å². The smallest absolute Gasteiger partial charge is 0.236 e. The fourth-order valence-corrected chi connectivity index (χ4v) is 1.24. The molecule has 0 aromatic rings. The van der Waals surface area contributed by atoms with Crippen molar-refractivity contribution in [3.8, 4) is 0 Å². The number of ether oxygens (including phenoxy) is 1. The van der Waals surface area contributed by atoms with Crippen molar-refractivity contribution in [2.45, 2.75) is 25.8 Å². The zero-order valence-corrected chi connectivity index (χ0v) is 10.7. The van der Waals surface area contributed by atoms with E-state index in [0.717, 1.165) is 19.5 Å². The van der Waals surface area contributed by atoms with Crippen molar-refractivity contribution in [3.63, 3.8) is 0 Å². The van der Waals surface area contributed by atoms with Gasteiger partial charge in [0.05, 0.1) is 6.04 Å². The zero-order valence-electron chi connectivity index (χ0n) is 10.7. The summed E-state index contributed by atoms with van der Waals surface area (Å²) in [7, 11) is 3.66. The Hall–Kier alpha value is -0.650. The topological polar surface area (TPSA) is 67.6 Å². The number of carbonyl (C=O) groups excluding carboxylic acids is 1. The van der Waals surface area contributed by atoms with Gasteiger partial charge in [0.1, 0.15) is 0 Å². The van der Waals surface area contributed by atoms with Crippen LogP contribution in [0.4, 0.5) is 0 Å². The van der Waals surface area contributed by atoms with Crippen molar-refractivity contribution in [3.05, 3.63) is 0 Å². The minimum Gasteiger partial charge on any atom is -0.385 e. The fraction of sp³-hybridized carbons (Fsp3) is 0.909. The Bertz CT molecular complexity index is 188. The molecule has 5 heteroatoms. The lowest BCUT2D eigenvalue weighted by Crippen LogP contribution is -2.43. The molecule has 0 spiro atoms. The number of nitrogens with two attached hydrogens (primary N) is 1. The van der Waals surface area contributed by atoms with Crippen molar-refractivity contribution in [1.82, 2.24) is 10.2 Å². The first-order valence-electron chi connectivity index (χ1n) is 5.82. The number of nitrogens with zero attached hydrogens (tertiary/aromatic N) is 1. The molecule has 0 aliphatic rings. The summed E-state index contributed by atoms with van der Waals surface area (Å²) in [6.45, 7) is 5.22. The van der Waals surface area contributed by atoms with E-state index in [4.69, 9.17) is 10.5 Å². The van der Waals surface area contributed by atoms with Crippen LogP contribution in [0.1, 0.15) is 19.8 Å². The summed E-state index contributed by atoms with van der Waals surface area (Å²) in [5.74, 6) is -0.0689. The summed E-state index contributed by atoms with van der Waals surface area (Å²) in [5.41, 5.74) is 5.73. The first kappa shape index (κ1) is 15.3. The van der Waals surface area contributed by atoms with Crippen LogP contribution in [0.5, 0.6) is 0 Å². The van der Waals surface area contributed by atoms with Crippen LogP contribution in [-0.4, -0.2) is 57.2 Å². The van der Waals surface area contributed by atoms with E-state index in [1.807, 2.05) is 7.05 Å². The maximum atomic E-state index is 11.5. The van der Waals surface area contributed by atoms with Crippen LogP contribution in [0.15, 0.2) is 0 Å². The minimum atomic E-state index is -0.415. The van der Waals surface area contributed by atoms with Gasteiger partial charge in [0.15, 0.2) is 0 Å². The standard InChI is InChI=1S/C11H25N3O2/c1-4-14(2)8-7-13-11(15)10(12)6-5-9-16-3/h10H,4-9,12H2,1-3H3,(H,13,15). The molecule has 0 aliphatic heterocycles. The second-order valence-corrected chi connectivity index (χ2v) is 3.93. The van der Waals surface area contributed by atoms with Crippen LogP contribution in [0, 0.1) is 0 Å². The van der Waals surface area contributed by atoms with Crippen molar-refractivity contribution in [1.29, 1.82) is 0 Å². The molecule has 1 amide bonds. The van der Waals surface area contributed by atoms with E-state index >= 15 is 0 Å². The van der Waals surface area contributed by atoms with Crippen LogP contribution in [0.2, 0.25) is 0 Å². The van der Waals surface area contributed by atoms with Gasteiger partial charge in [0.2, 0.25) is 5.91 Å². The molecule has 0 saturated carbocycles. The van der Waals surface area contributed by atoms with Gasteiger partial charge in [0.25, 0.3) is 0 Å². The Balaban J connectivity index is 3.55. The third-order valence-electron chi connectivity index (χ3n) is 2.53. The van der Waals surface area contributed by atoms with Crippen LogP contribution < -0.4 is 11.1 Å². The highest BCUT2D eigenvalue weighted by Crippen LogP contribution is 1.94. The molecule has 0 radical (unpaired) electrons. The van der Waals surface area contributed by atoms with Gasteiger partial charge in [-0.1, -0.05) is 6.92 Å². The Kier molecular flexibility index (Phi) is 9.18. The molecular weight excluding hydrogens is 206 g/mol. The molecule has 1 atom stereocenters. The highest BCUT2D eigenvalue weighted by atomic mass is 16.5. The van der Waals surface area contributed by atoms with Crippen LogP contribution in [-0.2, 0) is 9.53 Å². The number of hydrogen-bond donors (Lipinski definition) is 2. The van der Waals surface area contributed by atoms with Gasteiger partial charge in [-0.25, -0.2) is 0 Å². The lowest BCUT2D eigenvalue weighted by Gasteiger charge is -2.16. The lowest BCUT2D eigenvalue weighted by atomic mass is 10.1. The molecule has 0 aromatic carbocycles. The number of rotatable bonds is 9. The molecule has 0 heterocycles. The Morgan fingerprint density at radius 2 is 2.25 bits per heavy atom. The van der Waals surface area contributed by atoms with E-state index in [0.29, 0.717) is 19.6 Å². The number of amides is 1. The average molecular weight is 231 g/mol. The molecule has 5 nitrogen and oxygen atoms in total. The van der Waals surface area contributed by atoms with Gasteiger partial charge in [0, 0.05) is 26.8 Å². The Morgan fingerprint density at radius 3 is 2.81 bits per heavy atom. The van der Waals surface area contributed by atoms with Crippen LogP contribution in [0.3, 0.4) is 0 Å². The molecule has 16 heavy (non-hydrogen) atoms. The minimum absolute atomic E-state index is 0.0689. The third kappa shape index (κ3) is 7.62. The molecular formula is C11H25N3O2. The first-order chi connectivity index (χ1) is 7.61. The van der Waals surface area contributed by atoms with Gasteiger partial charge >= 0.3 is 0 Å². The fourth-order valence-electron chi connectivity index (χ4n) is 1.24. The number of hydrogen-bond acceptors (Lipinski definition) is 4. The van der Waals surface area contributed by atoms with Gasteiger partial charge in [-0.3, -0.25) is 4.79 Å². The van der Waals surface area contributed by atoms with E-state index in [1.54, 1.807) is 7.11 Å². The normalized spacial score (nSPS) is 12.8. The SMILES string of the molecule is CCN(C)CCNC(=O)C(N)CCCOC. The maximum absolute atomic E-state index is 11.5.